The van der Waals surface area contributed by atoms with Crippen LogP contribution in [0.15, 0.2) is 48.5 Å². The predicted molar refractivity (Wildman–Crippen MR) is 150 cm³/mol. The van der Waals surface area contributed by atoms with Crippen LogP contribution in [0.5, 0.6) is 34.5 Å². The van der Waals surface area contributed by atoms with Crippen LogP contribution in [0.25, 0.3) is 18.2 Å². The maximum atomic E-state index is 12.8. The van der Waals surface area contributed by atoms with Crippen molar-refractivity contribution >= 4 is 35.5 Å². The molecule has 9 heteroatoms. The highest BCUT2D eigenvalue weighted by molar-refractivity contribution is 6.03. The minimum Gasteiger partial charge on any atom is -0.497 e. The van der Waals surface area contributed by atoms with Crippen LogP contribution in [0.1, 0.15) is 16.7 Å². The van der Waals surface area contributed by atoms with Crippen molar-refractivity contribution in [1.29, 1.82) is 0 Å². The van der Waals surface area contributed by atoms with Crippen molar-refractivity contribution in [3.63, 3.8) is 0 Å². The molecule has 0 aliphatic rings. The minimum atomic E-state index is -0.339. The van der Waals surface area contributed by atoms with Gasteiger partial charge in [0.05, 0.1) is 54.0 Å². The summed E-state index contributed by atoms with van der Waals surface area (Å²) in [6, 6.07) is 12.5. The average molecular weight is 521 g/mol. The molecule has 38 heavy (non-hydrogen) atoms. The Kier molecular flexibility index (Phi) is 9.48. The minimum absolute atomic E-state index is 0.339. The molecule has 0 aliphatic carbocycles. The van der Waals surface area contributed by atoms with Gasteiger partial charge < -0.3 is 39.5 Å². The van der Waals surface area contributed by atoms with Crippen molar-refractivity contribution < 1.29 is 33.2 Å². The zero-order valence-electron chi connectivity index (χ0n) is 22.3. The summed E-state index contributed by atoms with van der Waals surface area (Å²) in [5.74, 6) is 2.75. The molecule has 0 aliphatic heterocycles. The number of ether oxygens (including phenoxy) is 6. The van der Waals surface area contributed by atoms with Gasteiger partial charge in [-0.1, -0.05) is 12.2 Å². The Morgan fingerprint density at radius 3 is 1.82 bits per heavy atom. The lowest BCUT2D eigenvalue weighted by molar-refractivity contribution is -0.111. The van der Waals surface area contributed by atoms with Gasteiger partial charge >= 0.3 is 0 Å². The van der Waals surface area contributed by atoms with Gasteiger partial charge in [0, 0.05) is 12.1 Å². The molecule has 0 radical (unpaired) electrons. The molecule has 1 amide bonds. The van der Waals surface area contributed by atoms with E-state index in [1.54, 1.807) is 52.7 Å². The van der Waals surface area contributed by atoms with E-state index in [1.807, 2.05) is 36.4 Å². The number of carbonyl (C=O) groups is 1. The average Bonchev–Trinajstić information content (AvgIpc) is 2.94. The number of benzene rings is 3. The lowest BCUT2D eigenvalue weighted by Gasteiger charge is -2.13. The molecule has 200 valence electrons. The van der Waals surface area contributed by atoms with Crippen LogP contribution >= 0.6 is 0 Å². The molecule has 3 rings (SSSR count). The van der Waals surface area contributed by atoms with Crippen LogP contribution < -0.4 is 39.5 Å². The molecule has 0 fully saturated rings. The Balaban J connectivity index is 1.87. The fourth-order valence-electron chi connectivity index (χ4n) is 3.76. The predicted octanol–water partition coefficient (Wildman–Crippen LogP) is 5.14. The van der Waals surface area contributed by atoms with E-state index >= 15 is 0 Å². The van der Waals surface area contributed by atoms with E-state index in [9.17, 15) is 4.79 Å². The van der Waals surface area contributed by atoms with Crippen molar-refractivity contribution in [2.24, 2.45) is 0 Å². The highest BCUT2D eigenvalue weighted by Crippen LogP contribution is 2.39. The van der Waals surface area contributed by atoms with Gasteiger partial charge in [-0.3, -0.25) is 4.79 Å². The van der Waals surface area contributed by atoms with Crippen molar-refractivity contribution in [3.8, 4) is 34.5 Å². The van der Waals surface area contributed by atoms with Gasteiger partial charge in [-0.15, -0.1) is 0 Å². The zero-order valence-corrected chi connectivity index (χ0v) is 22.3. The number of nitrogen functional groups attached to an aromatic ring is 1. The van der Waals surface area contributed by atoms with Crippen LogP contribution in [0, 0.1) is 0 Å². The van der Waals surface area contributed by atoms with Crippen molar-refractivity contribution in [2.45, 2.75) is 0 Å². The molecule has 3 aromatic carbocycles. The van der Waals surface area contributed by atoms with Gasteiger partial charge in [-0.2, -0.15) is 0 Å². The Morgan fingerprint density at radius 2 is 1.26 bits per heavy atom. The van der Waals surface area contributed by atoms with Gasteiger partial charge in [0.15, 0.2) is 23.0 Å². The summed E-state index contributed by atoms with van der Waals surface area (Å²) >= 11 is 0. The smallest absolute Gasteiger partial charge is 0.248 e. The van der Waals surface area contributed by atoms with E-state index in [0.29, 0.717) is 51.4 Å². The third-order valence-corrected chi connectivity index (χ3v) is 5.62. The first kappa shape index (κ1) is 27.8. The first-order chi connectivity index (χ1) is 18.4. The molecule has 0 spiro atoms. The highest BCUT2D eigenvalue weighted by atomic mass is 16.5. The molecular formula is C29H32N2O7. The summed E-state index contributed by atoms with van der Waals surface area (Å²) in [6.07, 6.45) is 6.80. The summed E-state index contributed by atoms with van der Waals surface area (Å²) in [7, 11) is 9.27. The van der Waals surface area contributed by atoms with E-state index in [1.165, 1.54) is 20.3 Å². The third-order valence-electron chi connectivity index (χ3n) is 5.62. The highest BCUT2D eigenvalue weighted by Gasteiger charge is 2.13. The molecule has 0 heterocycles. The Bertz CT molecular complexity index is 1320. The summed E-state index contributed by atoms with van der Waals surface area (Å²) < 4.78 is 32.2. The number of methoxy groups -OCH3 is 6. The largest absolute Gasteiger partial charge is 0.497 e. The molecule has 0 atom stereocenters. The Morgan fingerprint density at radius 1 is 0.684 bits per heavy atom. The van der Waals surface area contributed by atoms with Crippen LogP contribution in [-0.2, 0) is 4.79 Å². The SMILES string of the molecule is COc1ccc(C=Cc2cc(OC)c(OC)c(OC)c2)c(NC(=O)/C=C/c2cc(N)c(OC)c(OC)c2)c1. The van der Waals surface area contributed by atoms with Crippen molar-refractivity contribution in [3.05, 3.63) is 65.2 Å². The summed E-state index contributed by atoms with van der Waals surface area (Å²) in [5.41, 5.74) is 9.27. The lowest BCUT2D eigenvalue weighted by atomic mass is 10.1. The van der Waals surface area contributed by atoms with Gasteiger partial charge in [-0.25, -0.2) is 0 Å². The molecule has 3 aromatic rings. The van der Waals surface area contributed by atoms with Crippen LogP contribution in [0.3, 0.4) is 0 Å². The van der Waals surface area contributed by atoms with Crippen molar-refractivity contribution in [2.75, 3.05) is 53.7 Å². The number of hydrogen-bond donors (Lipinski definition) is 2. The second-order valence-electron chi connectivity index (χ2n) is 7.91. The fraction of sp³-hybridized carbons (Fsp3) is 0.207. The quantitative estimate of drug-likeness (QED) is 0.203. The van der Waals surface area contributed by atoms with E-state index in [0.717, 1.165) is 11.1 Å². The molecule has 0 saturated heterocycles. The second-order valence-corrected chi connectivity index (χ2v) is 7.91. The number of nitrogens with two attached hydrogens (primary N) is 1. The number of amides is 1. The van der Waals surface area contributed by atoms with E-state index in [-0.39, 0.29) is 5.91 Å². The first-order valence-electron chi connectivity index (χ1n) is 11.5. The molecule has 3 N–H and O–H groups in total. The standard InChI is InChI=1S/C29H32N2O7/c1-33-21-11-10-20(9-7-19-15-25(35-3)29(38-6)26(16-19)36-4)23(17-21)31-27(32)12-8-18-13-22(30)28(37-5)24(14-18)34-2/h7-17H,30H2,1-6H3,(H,31,32)/b9-7?,12-8+. The zero-order chi connectivity index (χ0) is 27.7. The summed E-state index contributed by atoms with van der Waals surface area (Å²) in [5, 5.41) is 2.91. The maximum absolute atomic E-state index is 12.8. The topological polar surface area (TPSA) is 111 Å². The molecule has 9 nitrogen and oxygen atoms in total. The van der Waals surface area contributed by atoms with Crippen molar-refractivity contribution in [1.82, 2.24) is 0 Å². The lowest BCUT2D eigenvalue weighted by Crippen LogP contribution is -2.09. The maximum Gasteiger partial charge on any atom is 0.248 e. The monoisotopic (exact) mass is 520 g/mol. The van der Waals surface area contributed by atoms with E-state index in [2.05, 4.69) is 5.32 Å². The fourth-order valence-corrected chi connectivity index (χ4v) is 3.76. The number of carbonyl (C=O) groups excluding carboxylic acids is 1. The van der Waals surface area contributed by atoms with E-state index < -0.39 is 0 Å². The number of anilines is 2. The number of rotatable bonds is 11. The second kappa shape index (κ2) is 13.0. The van der Waals surface area contributed by atoms with Crippen LogP contribution in [-0.4, -0.2) is 48.6 Å². The molecule has 0 bridgehead atoms. The Labute approximate surface area is 222 Å². The summed E-state index contributed by atoms with van der Waals surface area (Å²) in [6.45, 7) is 0. The van der Waals surface area contributed by atoms with Crippen LogP contribution in [0.2, 0.25) is 0 Å². The normalized spacial score (nSPS) is 10.9. The Hall–Kier alpha value is -4.79. The molecular weight excluding hydrogens is 488 g/mol. The number of nitrogens with one attached hydrogen (secondary N) is 1. The van der Waals surface area contributed by atoms with Gasteiger partial charge in [0.1, 0.15) is 5.75 Å². The third kappa shape index (κ3) is 6.50. The number of hydrogen-bond acceptors (Lipinski definition) is 8. The van der Waals surface area contributed by atoms with Gasteiger partial charge in [0.25, 0.3) is 0 Å². The summed E-state index contributed by atoms with van der Waals surface area (Å²) in [4.78, 5) is 12.8. The molecule has 0 saturated carbocycles. The van der Waals surface area contributed by atoms with E-state index in [4.69, 9.17) is 34.2 Å². The van der Waals surface area contributed by atoms with Crippen LogP contribution in [0.4, 0.5) is 11.4 Å². The first-order valence-corrected chi connectivity index (χ1v) is 11.5. The van der Waals surface area contributed by atoms with Gasteiger partial charge in [0.2, 0.25) is 11.7 Å². The molecule has 0 aromatic heterocycles. The molecule has 0 unspecified atom stereocenters. The van der Waals surface area contributed by atoms with Gasteiger partial charge in [-0.05, 0) is 59.2 Å².